The summed E-state index contributed by atoms with van der Waals surface area (Å²) in [7, 11) is 0. The van der Waals surface area contributed by atoms with Crippen LogP contribution in [0.4, 0.5) is 0 Å². The van der Waals surface area contributed by atoms with Crippen molar-refractivity contribution in [3.05, 3.63) is 29.7 Å². The Balaban J connectivity index is 1.59. The molecule has 4 rings (SSSR count). The first-order chi connectivity index (χ1) is 11.5. The maximum absolute atomic E-state index is 12.8. The zero-order valence-electron chi connectivity index (χ0n) is 13.4. The molecule has 3 unspecified atom stereocenters. The number of likely N-dealkylation sites (tertiary alicyclic amines) is 1. The predicted molar refractivity (Wildman–Crippen MR) is 84.3 cm³/mol. The molecule has 0 spiro atoms. The van der Waals surface area contributed by atoms with Crippen LogP contribution in [0.5, 0.6) is 0 Å². The number of carboxylic acid groups (broad SMARTS) is 1. The molecule has 2 aromatic heterocycles. The third-order valence-corrected chi connectivity index (χ3v) is 5.21. The molecule has 126 valence electrons. The number of carboxylic acids is 1. The molecule has 3 atom stereocenters. The highest BCUT2D eigenvalue weighted by atomic mass is 16.4. The van der Waals surface area contributed by atoms with Crippen molar-refractivity contribution in [1.29, 1.82) is 0 Å². The topological polar surface area (TPSA) is 99.4 Å². The first kappa shape index (κ1) is 15.0. The Hall–Kier alpha value is -2.57. The fourth-order valence-electron chi connectivity index (χ4n) is 4.11. The highest BCUT2D eigenvalue weighted by Crippen LogP contribution is 2.42. The van der Waals surface area contributed by atoms with Crippen molar-refractivity contribution >= 4 is 11.9 Å². The summed E-state index contributed by atoms with van der Waals surface area (Å²) < 4.78 is 5.52. The minimum atomic E-state index is -0.921. The van der Waals surface area contributed by atoms with E-state index in [0.717, 1.165) is 25.0 Å². The van der Waals surface area contributed by atoms with Gasteiger partial charge in [-0.15, -0.1) is 0 Å². The molecule has 7 heteroatoms. The van der Waals surface area contributed by atoms with Crippen LogP contribution >= 0.6 is 0 Å². The fourth-order valence-corrected chi connectivity index (χ4v) is 4.11. The standard InChI is InChI=1S/C17H19N3O4/c1-9-5-6-14(24-9)12-7-13(19-18-12)16(21)20-8-10-3-2-4-11(10)15(20)17(22)23/h5-7,10-11,15H,2-4,8H2,1H3,(H,18,19)(H,22,23). The number of aryl methyl sites for hydroxylation is 1. The van der Waals surface area contributed by atoms with Gasteiger partial charge in [-0.1, -0.05) is 6.42 Å². The number of hydrogen-bond donors (Lipinski definition) is 2. The number of nitrogens with zero attached hydrogens (tertiary/aromatic N) is 2. The molecule has 2 fully saturated rings. The Bertz CT molecular complexity index is 793. The van der Waals surface area contributed by atoms with Crippen LogP contribution in [-0.2, 0) is 4.79 Å². The number of hydrogen-bond acceptors (Lipinski definition) is 4. The molecule has 0 bridgehead atoms. The maximum atomic E-state index is 12.8. The van der Waals surface area contributed by atoms with Crippen LogP contribution in [0.3, 0.4) is 0 Å². The maximum Gasteiger partial charge on any atom is 0.326 e. The van der Waals surface area contributed by atoms with E-state index in [1.54, 1.807) is 12.1 Å². The average molecular weight is 329 g/mol. The Morgan fingerprint density at radius 2 is 2.21 bits per heavy atom. The van der Waals surface area contributed by atoms with Gasteiger partial charge in [-0.3, -0.25) is 9.89 Å². The van der Waals surface area contributed by atoms with E-state index in [-0.39, 0.29) is 17.5 Å². The fraction of sp³-hybridized carbons (Fsp3) is 0.471. The lowest BCUT2D eigenvalue weighted by atomic mass is 9.94. The third kappa shape index (κ3) is 2.31. The summed E-state index contributed by atoms with van der Waals surface area (Å²) in [6, 6.07) is 4.51. The van der Waals surface area contributed by atoms with Crippen molar-refractivity contribution in [2.45, 2.75) is 32.2 Å². The van der Waals surface area contributed by atoms with Gasteiger partial charge in [0.25, 0.3) is 5.91 Å². The number of carbonyl (C=O) groups excluding carboxylic acids is 1. The van der Waals surface area contributed by atoms with Gasteiger partial charge in [-0.25, -0.2) is 4.79 Å². The Labute approximate surface area is 138 Å². The second-order valence-corrected chi connectivity index (χ2v) is 6.67. The smallest absolute Gasteiger partial charge is 0.326 e. The van der Waals surface area contributed by atoms with Crippen molar-refractivity contribution in [3.8, 4) is 11.5 Å². The average Bonchev–Trinajstić information content (AvgIpc) is 3.28. The molecule has 3 heterocycles. The molecule has 0 aromatic carbocycles. The Morgan fingerprint density at radius 1 is 1.38 bits per heavy atom. The number of aromatic nitrogens is 2. The van der Waals surface area contributed by atoms with Crippen LogP contribution in [0, 0.1) is 18.8 Å². The number of nitrogens with one attached hydrogen (secondary N) is 1. The third-order valence-electron chi connectivity index (χ3n) is 5.21. The molecule has 1 aliphatic heterocycles. The number of rotatable bonds is 3. The minimum Gasteiger partial charge on any atom is -0.480 e. The minimum absolute atomic E-state index is 0.0672. The zero-order chi connectivity index (χ0) is 16.8. The molecule has 2 aromatic rings. The van der Waals surface area contributed by atoms with Gasteiger partial charge in [0, 0.05) is 12.6 Å². The van der Waals surface area contributed by atoms with E-state index in [0.29, 0.717) is 23.9 Å². The van der Waals surface area contributed by atoms with Crippen LogP contribution in [0.1, 0.15) is 35.5 Å². The van der Waals surface area contributed by atoms with E-state index in [1.165, 1.54) is 4.90 Å². The van der Waals surface area contributed by atoms with E-state index in [1.807, 2.05) is 13.0 Å². The molecule has 2 aliphatic rings. The SMILES string of the molecule is Cc1ccc(-c2cc(C(=O)N3CC4CCCC4C3C(=O)O)n[nH]2)o1. The second kappa shape index (κ2) is 5.51. The quantitative estimate of drug-likeness (QED) is 0.900. The normalized spacial score (nSPS) is 25.9. The number of H-pyrrole nitrogens is 1. The molecular weight excluding hydrogens is 310 g/mol. The number of aliphatic carboxylic acids is 1. The van der Waals surface area contributed by atoms with E-state index in [9.17, 15) is 14.7 Å². The van der Waals surface area contributed by atoms with Gasteiger partial charge in [0.05, 0.1) is 0 Å². The summed E-state index contributed by atoms with van der Waals surface area (Å²) in [5.41, 5.74) is 0.836. The number of aromatic amines is 1. The largest absolute Gasteiger partial charge is 0.480 e. The number of fused-ring (bicyclic) bond motifs is 1. The summed E-state index contributed by atoms with van der Waals surface area (Å²) >= 11 is 0. The molecule has 1 saturated heterocycles. The highest BCUT2D eigenvalue weighted by molar-refractivity contribution is 5.96. The molecule has 2 N–H and O–H groups in total. The summed E-state index contributed by atoms with van der Waals surface area (Å²) in [5, 5.41) is 16.4. The van der Waals surface area contributed by atoms with Crippen molar-refractivity contribution in [3.63, 3.8) is 0 Å². The summed E-state index contributed by atoms with van der Waals surface area (Å²) in [5.74, 6) is 0.481. The predicted octanol–water partition coefficient (Wildman–Crippen LogP) is 2.30. The molecule has 24 heavy (non-hydrogen) atoms. The van der Waals surface area contributed by atoms with Crippen LogP contribution in [0.25, 0.3) is 11.5 Å². The highest BCUT2D eigenvalue weighted by Gasteiger charge is 2.49. The van der Waals surface area contributed by atoms with Crippen LogP contribution < -0.4 is 0 Å². The lowest BCUT2D eigenvalue weighted by molar-refractivity contribution is -0.142. The molecule has 1 amide bonds. The van der Waals surface area contributed by atoms with E-state index in [2.05, 4.69) is 10.2 Å². The molecular formula is C17H19N3O4. The van der Waals surface area contributed by atoms with Crippen molar-refractivity contribution in [2.75, 3.05) is 6.54 Å². The molecule has 7 nitrogen and oxygen atoms in total. The summed E-state index contributed by atoms with van der Waals surface area (Å²) in [6.45, 7) is 2.34. The van der Waals surface area contributed by atoms with Crippen molar-refractivity contribution < 1.29 is 19.1 Å². The van der Waals surface area contributed by atoms with E-state index >= 15 is 0 Å². The van der Waals surface area contributed by atoms with Gasteiger partial charge in [0.2, 0.25) is 0 Å². The van der Waals surface area contributed by atoms with E-state index in [4.69, 9.17) is 4.42 Å². The lowest BCUT2D eigenvalue weighted by Gasteiger charge is -2.23. The molecule has 1 saturated carbocycles. The van der Waals surface area contributed by atoms with Crippen molar-refractivity contribution in [2.24, 2.45) is 11.8 Å². The number of carbonyl (C=O) groups is 2. The van der Waals surface area contributed by atoms with E-state index < -0.39 is 12.0 Å². The van der Waals surface area contributed by atoms with Gasteiger partial charge >= 0.3 is 5.97 Å². The number of amides is 1. The summed E-state index contributed by atoms with van der Waals surface area (Å²) in [6.07, 6.45) is 2.92. The Morgan fingerprint density at radius 3 is 2.92 bits per heavy atom. The van der Waals surface area contributed by atoms with Gasteiger partial charge < -0.3 is 14.4 Å². The van der Waals surface area contributed by atoms with Crippen LogP contribution in [0.15, 0.2) is 22.6 Å². The van der Waals surface area contributed by atoms with Gasteiger partial charge in [-0.05, 0) is 43.7 Å². The lowest BCUT2D eigenvalue weighted by Crippen LogP contribution is -2.43. The molecule has 1 aliphatic carbocycles. The Kier molecular flexibility index (Phi) is 3.44. The zero-order valence-corrected chi connectivity index (χ0v) is 13.4. The van der Waals surface area contributed by atoms with Crippen LogP contribution in [-0.4, -0.2) is 44.7 Å². The van der Waals surface area contributed by atoms with Gasteiger partial charge in [0.15, 0.2) is 11.5 Å². The first-order valence-electron chi connectivity index (χ1n) is 8.20. The molecule has 0 radical (unpaired) electrons. The van der Waals surface area contributed by atoms with Gasteiger partial charge in [0.1, 0.15) is 17.5 Å². The monoisotopic (exact) mass is 329 g/mol. The van der Waals surface area contributed by atoms with Crippen molar-refractivity contribution in [1.82, 2.24) is 15.1 Å². The summed E-state index contributed by atoms with van der Waals surface area (Å²) in [4.78, 5) is 26.0. The van der Waals surface area contributed by atoms with Gasteiger partial charge in [-0.2, -0.15) is 5.10 Å². The van der Waals surface area contributed by atoms with Crippen LogP contribution in [0.2, 0.25) is 0 Å². The number of furan rings is 1. The second-order valence-electron chi connectivity index (χ2n) is 6.67. The first-order valence-corrected chi connectivity index (χ1v) is 8.20.